The van der Waals surface area contributed by atoms with Crippen molar-refractivity contribution in [2.75, 3.05) is 4.90 Å². The van der Waals surface area contributed by atoms with Gasteiger partial charge < -0.3 is 4.90 Å². The van der Waals surface area contributed by atoms with E-state index in [0.29, 0.717) is 0 Å². The minimum Gasteiger partial charge on any atom is -0.363 e. The van der Waals surface area contributed by atoms with Gasteiger partial charge in [-0.1, -0.05) is 67.4 Å². The van der Waals surface area contributed by atoms with Crippen LogP contribution < -0.4 is 4.90 Å². The highest BCUT2D eigenvalue weighted by atomic mass is 32.2. The molecule has 3 aliphatic rings. The van der Waals surface area contributed by atoms with Gasteiger partial charge in [-0.2, -0.15) is 0 Å². The van der Waals surface area contributed by atoms with Crippen molar-refractivity contribution in [2.24, 2.45) is 4.99 Å². The number of anilines is 1. The molecular formula is C29H27N3OS. The van der Waals surface area contributed by atoms with Crippen molar-refractivity contribution in [2.45, 2.75) is 44.8 Å². The van der Waals surface area contributed by atoms with E-state index in [1.54, 1.807) is 0 Å². The van der Waals surface area contributed by atoms with Crippen LogP contribution in [0, 0.1) is 0 Å². The second kappa shape index (κ2) is 9.15. The maximum absolute atomic E-state index is 13.4. The summed E-state index contributed by atoms with van der Waals surface area (Å²) in [7, 11) is 0. The second-order valence-corrected chi connectivity index (χ2v) is 10.2. The third kappa shape index (κ3) is 4.16. The van der Waals surface area contributed by atoms with E-state index >= 15 is 0 Å². The van der Waals surface area contributed by atoms with Gasteiger partial charge in [-0.15, -0.1) is 0 Å². The maximum Gasteiger partial charge on any atom is 0.267 e. The standard InChI is InChI=1S/C29H27N3OS/c33-28-27(34-29(30-24-10-2-1-3-11-24)32(28)26-12-6-7-13-26)18-21-14-16-25(17-15-21)31-19-22-8-4-5-9-23(22)20-31/h1-5,8-11,14-18,26H,6-7,12-13,19-20H2/b27-18+,30-29?. The summed E-state index contributed by atoms with van der Waals surface area (Å²) in [5, 5.41) is 0.806. The molecule has 5 heteroatoms. The van der Waals surface area contributed by atoms with Gasteiger partial charge in [0.2, 0.25) is 0 Å². The lowest BCUT2D eigenvalue weighted by atomic mass is 10.1. The molecule has 6 rings (SSSR count). The lowest BCUT2D eigenvalue weighted by Gasteiger charge is -2.22. The first kappa shape index (κ1) is 21.2. The van der Waals surface area contributed by atoms with Gasteiger partial charge in [-0.3, -0.25) is 9.69 Å². The molecule has 170 valence electrons. The van der Waals surface area contributed by atoms with Gasteiger partial charge in [0.25, 0.3) is 5.91 Å². The Hall–Kier alpha value is -3.31. The van der Waals surface area contributed by atoms with Crippen LogP contribution in [0.4, 0.5) is 11.4 Å². The highest BCUT2D eigenvalue weighted by Crippen LogP contribution is 2.39. The molecule has 0 aromatic heterocycles. The number of para-hydroxylation sites is 1. The third-order valence-corrected chi connectivity index (χ3v) is 7.89. The first-order chi connectivity index (χ1) is 16.7. The summed E-state index contributed by atoms with van der Waals surface area (Å²) in [6, 6.07) is 27.4. The number of fused-ring (bicyclic) bond motifs is 1. The van der Waals surface area contributed by atoms with Crippen LogP contribution in [0.1, 0.15) is 42.4 Å². The van der Waals surface area contributed by atoms with Crippen LogP contribution in [-0.2, 0) is 17.9 Å². The first-order valence-corrected chi connectivity index (χ1v) is 12.8. The van der Waals surface area contributed by atoms with Gasteiger partial charge in [0.1, 0.15) is 0 Å². The topological polar surface area (TPSA) is 35.9 Å². The molecular weight excluding hydrogens is 438 g/mol. The largest absolute Gasteiger partial charge is 0.363 e. The highest BCUT2D eigenvalue weighted by Gasteiger charge is 2.39. The number of benzene rings is 3. The van der Waals surface area contributed by atoms with Crippen LogP contribution in [0.15, 0.2) is 88.8 Å². The fourth-order valence-electron chi connectivity index (χ4n) is 5.11. The predicted octanol–water partition coefficient (Wildman–Crippen LogP) is 6.75. The fraction of sp³-hybridized carbons (Fsp3) is 0.241. The van der Waals surface area contributed by atoms with E-state index in [4.69, 9.17) is 4.99 Å². The molecule has 1 saturated carbocycles. The monoisotopic (exact) mass is 465 g/mol. The molecule has 0 bridgehead atoms. The zero-order valence-corrected chi connectivity index (χ0v) is 19.9. The summed E-state index contributed by atoms with van der Waals surface area (Å²) >= 11 is 1.50. The molecule has 0 spiro atoms. The molecule has 2 aliphatic heterocycles. The van der Waals surface area contributed by atoms with E-state index in [9.17, 15) is 4.79 Å². The van der Waals surface area contributed by atoms with Gasteiger partial charge >= 0.3 is 0 Å². The van der Waals surface area contributed by atoms with E-state index in [2.05, 4.69) is 53.4 Å². The van der Waals surface area contributed by atoms with E-state index in [1.165, 1.54) is 41.4 Å². The quantitative estimate of drug-likeness (QED) is 0.400. The molecule has 0 N–H and O–H groups in total. The number of amides is 1. The Kier molecular flexibility index (Phi) is 5.71. The fourth-order valence-corrected chi connectivity index (χ4v) is 6.17. The van der Waals surface area contributed by atoms with E-state index in [-0.39, 0.29) is 11.9 Å². The Morgan fingerprint density at radius 1 is 0.824 bits per heavy atom. The lowest BCUT2D eigenvalue weighted by Crippen LogP contribution is -2.37. The average Bonchev–Trinajstić information content (AvgIpc) is 3.60. The number of thioether (sulfide) groups is 1. The highest BCUT2D eigenvalue weighted by molar-refractivity contribution is 8.18. The number of carbonyl (C=O) groups excluding carboxylic acids is 1. The predicted molar refractivity (Wildman–Crippen MR) is 141 cm³/mol. The average molecular weight is 466 g/mol. The minimum atomic E-state index is 0.0886. The summed E-state index contributed by atoms with van der Waals surface area (Å²) < 4.78 is 0. The number of carbonyl (C=O) groups is 1. The molecule has 0 unspecified atom stereocenters. The number of aliphatic imine (C=N–C) groups is 1. The summed E-state index contributed by atoms with van der Waals surface area (Å²) in [5.41, 5.74) is 5.95. The van der Waals surface area contributed by atoms with Crippen molar-refractivity contribution >= 4 is 40.3 Å². The van der Waals surface area contributed by atoms with Gasteiger partial charge in [0, 0.05) is 24.8 Å². The van der Waals surface area contributed by atoms with Crippen LogP contribution in [0.3, 0.4) is 0 Å². The van der Waals surface area contributed by atoms with Crippen molar-refractivity contribution in [3.05, 3.63) is 100 Å². The number of amidine groups is 1. The van der Waals surface area contributed by atoms with Crippen molar-refractivity contribution in [1.29, 1.82) is 0 Å². The third-order valence-electron chi connectivity index (χ3n) is 6.90. The van der Waals surface area contributed by atoms with Crippen LogP contribution in [0.25, 0.3) is 6.08 Å². The molecule has 34 heavy (non-hydrogen) atoms. The molecule has 0 atom stereocenters. The van der Waals surface area contributed by atoms with Crippen molar-refractivity contribution in [3.63, 3.8) is 0 Å². The van der Waals surface area contributed by atoms with E-state index in [1.807, 2.05) is 41.3 Å². The second-order valence-electron chi connectivity index (χ2n) is 9.17. The van der Waals surface area contributed by atoms with Gasteiger partial charge in [-0.25, -0.2) is 4.99 Å². The van der Waals surface area contributed by atoms with Crippen LogP contribution in [0.5, 0.6) is 0 Å². The first-order valence-electron chi connectivity index (χ1n) is 12.0. The van der Waals surface area contributed by atoms with E-state index in [0.717, 1.165) is 47.3 Å². The molecule has 1 amide bonds. The Morgan fingerprint density at radius 3 is 2.15 bits per heavy atom. The van der Waals surface area contributed by atoms with Crippen molar-refractivity contribution < 1.29 is 4.79 Å². The zero-order valence-electron chi connectivity index (χ0n) is 19.1. The van der Waals surface area contributed by atoms with E-state index < -0.39 is 0 Å². The summed E-state index contributed by atoms with van der Waals surface area (Å²) in [5.74, 6) is 0.0886. The van der Waals surface area contributed by atoms with Crippen LogP contribution in [-0.4, -0.2) is 22.0 Å². The van der Waals surface area contributed by atoms with Crippen LogP contribution in [0.2, 0.25) is 0 Å². The molecule has 2 heterocycles. The van der Waals surface area contributed by atoms with Gasteiger partial charge in [0.15, 0.2) is 5.17 Å². The minimum absolute atomic E-state index is 0.0886. The Bertz CT molecular complexity index is 1240. The number of hydrogen-bond acceptors (Lipinski definition) is 4. The molecule has 0 radical (unpaired) electrons. The molecule has 3 aromatic carbocycles. The Labute approximate surface area is 205 Å². The van der Waals surface area contributed by atoms with Crippen molar-refractivity contribution in [3.8, 4) is 0 Å². The molecule has 3 aromatic rings. The van der Waals surface area contributed by atoms with Crippen LogP contribution >= 0.6 is 11.8 Å². The lowest BCUT2D eigenvalue weighted by molar-refractivity contribution is -0.123. The van der Waals surface area contributed by atoms with Gasteiger partial charge in [-0.05, 0) is 71.6 Å². The zero-order chi connectivity index (χ0) is 22.9. The molecule has 4 nitrogen and oxygen atoms in total. The normalized spacial score (nSPS) is 20.6. The SMILES string of the molecule is O=C1/C(=C\c2ccc(N3Cc4ccccc4C3)cc2)SC(=Nc2ccccc2)N1C1CCCC1. The maximum atomic E-state index is 13.4. The summed E-state index contributed by atoms with van der Waals surface area (Å²) in [6.07, 6.45) is 6.49. The summed E-state index contributed by atoms with van der Waals surface area (Å²) in [4.78, 5) is 23.4. The smallest absolute Gasteiger partial charge is 0.267 e. The summed E-state index contributed by atoms with van der Waals surface area (Å²) in [6.45, 7) is 1.89. The van der Waals surface area contributed by atoms with Crippen molar-refractivity contribution in [1.82, 2.24) is 4.90 Å². The number of nitrogens with zero attached hydrogens (tertiary/aromatic N) is 3. The number of rotatable bonds is 4. The molecule has 1 saturated heterocycles. The Balaban J connectivity index is 1.24. The van der Waals surface area contributed by atoms with Gasteiger partial charge in [0.05, 0.1) is 10.6 Å². The molecule has 2 fully saturated rings. The number of hydrogen-bond donors (Lipinski definition) is 0. The molecule has 1 aliphatic carbocycles. The Morgan fingerprint density at radius 2 is 1.47 bits per heavy atom.